The summed E-state index contributed by atoms with van der Waals surface area (Å²) in [6, 6.07) is 22.3. The molecule has 446 valence electrons. The number of ether oxygens (including phenoxy) is 9. The molecule has 4 N–H and O–H groups in total. The Hall–Kier alpha value is -6.81. The lowest BCUT2D eigenvalue weighted by Gasteiger charge is -2.44. The molecule has 3 aromatic rings. The number of carbonyl (C=O) groups is 7. The van der Waals surface area contributed by atoms with E-state index in [1.165, 1.54) is 13.8 Å². The molecule has 2 aliphatic rings. The largest absolute Gasteiger partial charge is 0.497 e. The highest BCUT2D eigenvalue weighted by Crippen LogP contribution is 2.45. The quantitative estimate of drug-likeness (QED) is 0.0242. The number of nitrogens with zero attached hydrogens (tertiary/aromatic N) is 1. The molecule has 5 rings (SSSR count). The summed E-state index contributed by atoms with van der Waals surface area (Å²) < 4.78 is 51.7. The summed E-state index contributed by atoms with van der Waals surface area (Å²) in [5.41, 5.74) is 0.932. The van der Waals surface area contributed by atoms with Gasteiger partial charge in [0, 0.05) is 85.2 Å². The average molecular weight is 1130 g/mol. The van der Waals surface area contributed by atoms with E-state index in [9.17, 15) is 38.7 Å². The molecule has 4 amide bonds. The Morgan fingerprint density at radius 3 is 1.53 bits per heavy atom. The molecule has 5 atom stereocenters. The first-order valence-electron chi connectivity index (χ1n) is 28.0. The van der Waals surface area contributed by atoms with Crippen LogP contribution in [0.25, 0.3) is 0 Å². The molecular weight excluding hydrogens is 1050 g/mol. The van der Waals surface area contributed by atoms with Crippen molar-refractivity contribution in [3.63, 3.8) is 0 Å². The van der Waals surface area contributed by atoms with Crippen molar-refractivity contribution in [3.05, 3.63) is 89.5 Å². The maximum absolute atomic E-state index is 13.4. The topological polar surface area (TPSA) is 262 Å². The van der Waals surface area contributed by atoms with Gasteiger partial charge in [-0.15, -0.1) is 0 Å². The van der Waals surface area contributed by atoms with Gasteiger partial charge in [0.2, 0.25) is 23.6 Å². The molecule has 2 aliphatic heterocycles. The van der Waals surface area contributed by atoms with Gasteiger partial charge in [0.05, 0.1) is 34.5 Å². The van der Waals surface area contributed by atoms with Crippen LogP contribution >= 0.6 is 0 Å². The summed E-state index contributed by atoms with van der Waals surface area (Å²) in [7, 11) is 4.88. The summed E-state index contributed by atoms with van der Waals surface area (Å²) in [5.74, 6) is -0.505. The number of methoxy groups -OCH3 is 3. The number of nitrogens with one attached hydrogen (secondary N) is 3. The predicted molar refractivity (Wildman–Crippen MR) is 297 cm³/mol. The molecule has 0 aromatic heterocycles. The van der Waals surface area contributed by atoms with E-state index in [1.54, 1.807) is 21.3 Å². The predicted octanol–water partition coefficient (Wildman–Crippen LogP) is 5.82. The lowest BCUT2D eigenvalue weighted by molar-refractivity contribution is -0.277. The summed E-state index contributed by atoms with van der Waals surface area (Å²) in [4.78, 5) is 88.2. The molecule has 0 radical (unpaired) electrons. The Kier molecular flexibility index (Phi) is 26.6. The van der Waals surface area contributed by atoms with Crippen LogP contribution in [-0.2, 0) is 67.6 Å². The molecule has 2 heterocycles. The van der Waals surface area contributed by atoms with Crippen LogP contribution in [0.3, 0.4) is 0 Å². The number of carbonyl (C=O) groups excluding carboxylic acids is 7. The Labute approximate surface area is 475 Å². The minimum absolute atomic E-state index is 0.0377. The Balaban J connectivity index is 0.960. The number of aliphatic hydroxyl groups excluding tert-OH is 1. The Morgan fingerprint density at radius 1 is 0.617 bits per heavy atom. The van der Waals surface area contributed by atoms with E-state index >= 15 is 0 Å². The third kappa shape index (κ3) is 20.0. The fourth-order valence-corrected chi connectivity index (χ4v) is 10.0. The number of unbranched alkanes of at least 4 members (excludes halogenated alkanes) is 5. The van der Waals surface area contributed by atoms with Gasteiger partial charge in [-0.3, -0.25) is 33.6 Å². The summed E-state index contributed by atoms with van der Waals surface area (Å²) in [6.07, 6.45) is 2.70. The van der Waals surface area contributed by atoms with Crippen LogP contribution in [0, 0.1) is 5.41 Å². The number of esters is 3. The molecule has 81 heavy (non-hydrogen) atoms. The monoisotopic (exact) mass is 1130 g/mol. The van der Waals surface area contributed by atoms with Gasteiger partial charge < -0.3 is 68.6 Å². The van der Waals surface area contributed by atoms with Crippen LogP contribution in [0.5, 0.6) is 17.2 Å². The summed E-state index contributed by atoms with van der Waals surface area (Å²) >= 11 is 0. The molecule has 5 unspecified atom stereocenters. The maximum Gasteiger partial charge on any atom is 0.303 e. The molecule has 21 nitrogen and oxygen atoms in total. The highest BCUT2D eigenvalue weighted by molar-refractivity contribution is 5.77. The second-order valence-corrected chi connectivity index (χ2v) is 20.6. The van der Waals surface area contributed by atoms with E-state index in [-0.39, 0.29) is 50.6 Å². The van der Waals surface area contributed by atoms with Gasteiger partial charge in [-0.2, -0.15) is 0 Å². The summed E-state index contributed by atoms with van der Waals surface area (Å²) in [6.45, 7) is 6.63. The third-order valence-electron chi connectivity index (χ3n) is 14.5. The van der Waals surface area contributed by atoms with E-state index in [2.05, 4.69) is 16.0 Å². The molecule has 21 heteroatoms. The van der Waals surface area contributed by atoms with Gasteiger partial charge >= 0.3 is 17.9 Å². The van der Waals surface area contributed by atoms with Crippen molar-refractivity contribution in [2.45, 2.75) is 147 Å². The fourth-order valence-electron chi connectivity index (χ4n) is 10.0. The van der Waals surface area contributed by atoms with Crippen molar-refractivity contribution in [1.82, 2.24) is 20.9 Å². The molecule has 0 saturated carbocycles. The van der Waals surface area contributed by atoms with E-state index in [0.717, 1.165) is 49.8 Å². The van der Waals surface area contributed by atoms with Crippen LogP contribution < -0.4 is 30.2 Å². The van der Waals surface area contributed by atoms with Gasteiger partial charge in [0.15, 0.2) is 18.5 Å². The van der Waals surface area contributed by atoms with Crippen LogP contribution in [0.2, 0.25) is 0 Å². The zero-order chi connectivity index (χ0) is 58.8. The van der Waals surface area contributed by atoms with Crippen molar-refractivity contribution in [2.75, 3.05) is 73.9 Å². The fraction of sp³-hybridized carbons (Fsp3) is 0.583. The molecule has 0 bridgehead atoms. The van der Waals surface area contributed by atoms with Gasteiger partial charge in [-0.25, -0.2) is 0 Å². The van der Waals surface area contributed by atoms with E-state index < -0.39 is 65.5 Å². The van der Waals surface area contributed by atoms with Crippen LogP contribution in [0.15, 0.2) is 72.8 Å². The van der Waals surface area contributed by atoms with Gasteiger partial charge in [0.1, 0.15) is 41.6 Å². The smallest absolute Gasteiger partial charge is 0.303 e. The van der Waals surface area contributed by atoms with Crippen molar-refractivity contribution < 1.29 is 81.3 Å². The SMILES string of the molecule is COc1ccc(C(OCC2(CO)CCN(C(=O)CCCCCNC(=O)CCCCCNC(=O)CCCCOC3OC(COC(C)=O)C(OC(C)=O)C(OC(C)=O)C3NC(C)=O)CC2)(c2ccc(OC)cc2)c2ccc(OC)cc2)cc1. The number of hydrogen-bond acceptors (Lipinski definition) is 17. The lowest BCUT2D eigenvalue weighted by atomic mass is 9.77. The first-order chi connectivity index (χ1) is 39.0. The minimum Gasteiger partial charge on any atom is -0.497 e. The highest BCUT2D eigenvalue weighted by atomic mass is 16.7. The zero-order valence-electron chi connectivity index (χ0n) is 48.1. The number of benzene rings is 3. The molecular formula is C60H84N4O17. The van der Waals surface area contributed by atoms with Gasteiger partial charge in [-0.1, -0.05) is 49.2 Å². The van der Waals surface area contributed by atoms with E-state index in [0.29, 0.717) is 101 Å². The summed E-state index contributed by atoms with van der Waals surface area (Å²) in [5, 5.41) is 19.5. The third-order valence-corrected chi connectivity index (χ3v) is 14.5. The number of likely N-dealkylation sites (tertiary alicyclic amines) is 1. The van der Waals surface area contributed by atoms with E-state index in [4.69, 9.17) is 42.6 Å². The van der Waals surface area contributed by atoms with Crippen molar-refractivity contribution in [2.24, 2.45) is 5.41 Å². The normalized spacial score (nSPS) is 18.6. The molecule has 2 fully saturated rings. The number of hydrogen-bond donors (Lipinski definition) is 4. The number of amides is 4. The first-order valence-corrected chi connectivity index (χ1v) is 28.0. The van der Waals surface area contributed by atoms with Gasteiger partial charge in [0.25, 0.3) is 0 Å². The van der Waals surface area contributed by atoms with Crippen molar-refractivity contribution >= 4 is 41.5 Å². The first kappa shape index (κ1) is 65.0. The number of rotatable bonds is 33. The Morgan fingerprint density at radius 2 is 1.09 bits per heavy atom. The van der Waals surface area contributed by atoms with Crippen molar-refractivity contribution in [1.29, 1.82) is 0 Å². The van der Waals surface area contributed by atoms with Crippen molar-refractivity contribution in [3.8, 4) is 17.2 Å². The van der Waals surface area contributed by atoms with E-state index in [1.807, 2.05) is 77.7 Å². The molecule has 0 aliphatic carbocycles. The number of aliphatic hydroxyl groups is 1. The second-order valence-electron chi connectivity index (χ2n) is 20.6. The average Bonchev–Trinajstić information content (AvgIpc) is 3.46. The zero-order valence-corrected chi connectivity index (χ0v) is 48.1. The minimum atomic E-state index is -1.23. The van der Waals surface area contributed by atoms with Crippen LogP contribution in [0.4, 0.5) is 0 Å². The highest BCUT2D eigenvalue weighted by Gasteiger charge is 2.51. The second kappa shape index (κ2) is 33.2. The maximum atomic E-state index is 13.4. The molecule has 2 saturated heterocycles. The Bertz CT molecular complexity index is 2350. The van der Waals surface area contributed by atoms with Crippen LogP contribution in [0.1, 0.15) is 128 Å². The van der Waals surface area contributed by atoms with Crippen LogP contribution in [-0.4, -0.2) is 156 Å². The number of piperidine rings is 1. The van der Waals surface area contributed by atoms with Gasteiger partial charge in [-0.05, 0) is 104 Å². The molecule has 3 aromatic carbocycles. The molecule has 0 spiro atoms. The lowest BCUT2D eigenvalue weighted by Crippen LogP contribution is -2.66. The standard InChI is InChI=1S/C60H84N4O17/c1-41(66)63-55-57(80-44(4)69)56(79-43(3)68)51(38-77-42(2)67)81-58(55)76-37-15-12-17-53(71)62-33-13-8-10-16-52(70)61-34-14-9-11-18-54(72)64-35-31-59(39-65,32-36-64)40-78-60(45-19-25-48(73-5)26-20-45,46-21-27-49(74-6)28-22-46)47-23-29-50(75-7)30-24-47/h19-30,51,55-58,65H,8-18,31-40H2,1-7H3,(H,61,70)(H,62,71)(H,63,66).